The summed E-state index contributed by atoms with van der Waals surface area (Å²) in [6.07, 6.45) is 2.39. The predicted octanol–water partition coefficient (Wildman–Crippen LogP) is 4.14. The quantitative estimate of drug-likeness (QED) is 0.701. The maximum absolute atomic E-state index is 13.7. The predicted molar refractivity (Wildman–Crippen MR) is 102 cm³/mol. The highest BCUT2D eigenvalue weighted by Gasteiger charge is 2.30. The van der Waals surface area contributed by atoms with Crippen LogP contribution in [0.3, 0.4) is 0 Å². The minimum atomic E-state index is -0.262. The minimum absolute atomic E-state index is 0.0470. The summed E-state index contributed by atoms with van der Waals surface area (Å²) in [4.78, 5) is 15.0. The average molecular weight is 363 g/mol. The Hall–Kier alpha value is -2.95. The summed E-state index contributed by atoms with van der Waals surface area (Å²) in [5.74, 6) is -0.309. The van der Waals surface area contributed by atoms with Crippen molar-refractivity contribution < 1.29 is 9.18 Å². The molecule has 0 saturated heterocycles. The maximum Gasteiger partial charge on any atom is 0.257 e. The minimum Gasteiger partial charge on any atom is -0.331 e. The highest BCUT2D eigenvalue weighted by molar-refractivity contribution is 5.95. The first-order valence-electron chi connectivity index (χ1n) is 9.20. The van der Waals surface area contributed by atoms with Gasteiger partial charge in [-0.25, -0.2) is 4.39 Å². The summed E-state index contributed by atoms with van der Waals surface area (Å²) < 4.78 is 15.5. The first-order valence-corrected chi connectivity index (χ1v) is 9.20. The van der Waals surface area contributed by atoms with E-state index in [1.54, 1.807) is 12.3 Å². The van der Waals surface area contributed by atoms with Crippen LogP contribution >= 0.6 is 0 Å². The summed E-state index contributed by atoms with van der Waals surface area (Å²) >= 11 is 0. The molecule has 0 spiro atoms. The largest absolute Gasteiger partial charge is 0.331 e. The fraction of sp³-hybridized carbons (Fsp3) is 0.273. The third-order valence-electron chi connectivity index (χ3n) is 5.42. The molecule has 3 aromatic rings. The lowest BCUT2D eigenvalue weighted by molar-refractivity contribution is 0.0676. The highest BCUT2D eigenvalue weighted by atomic mass is 19.1. The van der Waals surface area contributed by atoms with Crippen LogP contribution in [0.2, 0.25) is 0 Å². The van der Waals surface area contributed by atoms with Crippen LogP contribution in [0.5, 0.6) is 0 Å². The molecular weight excluding hydrogens is 341 g/mol. The van der Waals surface area contributed by atoms with Crippen molar-refractivity contribution in [2.45, 2.75) is 32.9 Å². The molecule has 1 amide bonds. The van der Waals surface area contributed by atoms with Gasteiger partial charge in [-0.2, -0.15) is 5.10 Å². The molecule has 1 aromatic heterocycles. The Balaban J connectivity index is 1.58. The Morgan fingerprint density at radius 2 is 2.00 bits per heavy atom. The molecule has 0 bridgehead atoms. The lowest BCUT2D eigenvalue weighted by atomic mass is 9.93. The van der Waals surface area contributed by atoms with Gasteiger partial charge in [0.05, 0.1) is 24.3 Å². The molecule has 0 saturated carbocycles. The maximum atomic E-state index is 13.7. The molecular formula is C22H22FN3O. The normalized spacial score (nSPS) is 16.3. The van der Waals surface area contributed by atoms with Crippen molar-refractivity contribution in [3.8, 4) is 0 Å². The zero-order valence-corrected chi connectivity index (χ0v) is 15.5. The number of hydrogen-bond donors (Lipinski definition) is 0. The molecule has 4 rings (SSSR count). The van der Waals surface area contributed by atoms with E-state index in [1.807, 2.05) is 59.8 Å². The molecule has 27 heavy (non-hydrogen) atoms. The number of rotatable bonds is 3. The fourth-order valence-electron chi connectivity index (χ4n) is 3.79. The molecule has 0 radical (unpaired) electrons. The summed E-state index contributed by atoms with van der Waals surface area (Å²) in [6, 6.07) is 14.7. The van der Waals surface area contributed by atoms with Gasteiger partial charge in [0.15, 0.2) is 0 Å². The molecule has 1 aliphatic heterocycles. The van der Waals surface area contributed by atoms with E-state index in [-0.39, 0.29) is 17.8 Å². The SMILES string of the molecule is Cc1c(C(=O)N2CCc3ccc(F)cc3C2C)cnn1Cc1ccccc1. The number of hydrogen-bond acceptors (Lipinski definition) is 2. The monoisotopic (exact) mass is 363 g/mol. The second kappa shape index (κ2) is 6.99. The van der Waals surface area contributed by atoms with Gasteiger partial charge in [0.2, 0.25) is 0 Å². The van der Waals surface area contributed by atoms with Gasteiger partial charge in [-0.3, -0.25) is 9.48 Å². The molecule has 1 unspecified atom stereocenters. The Bertz CT molecular complexity index is 980. The number of carbonyl (C=O) groups excluding carboxylic acids is 1. The lowest BCUT2D eigenvalue weighted by Crippen LogP contribution is -2.39. The van der Waals surface area contributed by atoms with Crippen molar-refractivity contribution in [3.63, 3.8) is 0 Å². The summed E-state index contributed by atoms with van der Waals surface area (Å²) in [5, 5.41) is 4.42. The fourth-order valence-corrected chi connectivity index (χ4v) is 3.79. The number of aromatic nitrogens is 2. The third kappa shape index (κ3) is 3.25. The van der Waals surface area contributed by atoms with E-state index in [9.17, 15) is 9.18 Å². The molecule has 0 N–H and O–H groups in total. The molecule has 5 heteroatoms. The van der Waals surface area contributed by atoms with Crippen molar-refractivity contribution in [2.24, 2.45) is 0 Å². The van der Waals surface area contributed by atoms with Crippen molar-refractivity contribution in [3.05, 3.63) is 88.5 Å². The number of amides is 1. The Morgan fingerprint density at radius 1 is 1.22 bits per heavy atom. The molecule has 0 aliphatic carbocycles. The van der Waals surface area contributed by atoms with E-state index in [0.29, 0.717) is 18.7 Å². The standard InChI is InChI=1S/C22H22FN3O/c1-15-20-12-19(23)9-8-18(20)10-11-25(15)22(27)21-13-24-26(16(21)2)14-17-6-4-3-5-7-17/h3-9,12-13,15H,10-11,14H2,1-2H3. The van der Waals surface area contributed by atoms with E-state index >= 15 is 0 Å². The Morgan fingerprint density at radius 3 is 2.78 bits per heavy atom. The van der Waals surface area contributed by atoms with Crippen LogP contribution in [0.25, 0.3) is 0 Å². The second-order valence-electron chi connectivity index (χ2n) is 7.05. The van der Waals surface area contributed by atoms with Gasteiger partial charge in [-0.05, 0) is 49.1 Å². The first kappa shape index (κ1) is 17.5. The summed E-state index contributed by atoms with van der Waals surface area (Å²) in [6.45, 7) is 5.13. The topological polar surface area (TPSA) is 38.1 Å². The van der Waals surface area contributed by atoms with Crippen LogP contribution in [0, 0.1) is 12.7 Å². The van der Waals surface area contributed by atoms with Crippen LogP contribution in [-0.2, 0) is 13.0 Å². The first-order chi connectivity index (χ1) is 13.0. The Labute approximate surface area is 158 Å². The van der Waals surface area contributed by atoms with Gasteiger partial charge in [0, 0.05) is 12.2 Å². The van der Waals surface area contributed by atoms with Crippen LogP contribution < -0.4 is 0 Å². The summed E-state index contributed by atoms with van der Waals surface area (Å²) in [5.41, 5.74) is 4.60. The van der Waals surface area contributed by atoms with Crippen LogP contribution in [0.1, 0.15) is 45.7 Å². The molecule has 2 aromatic carbocycles. The molecule has 138 valence electrons. The van der Waals surface area contributed by atoms with Crippen LogP contribution in [0.15, 0.2) is 54.7 Å². The average Bonchev–Trinajstić information content (AvgIpc) is 3.03. The number of fused-ring (bicyclic) bond motifs is 1. The zero-order chi connectivity index (χ0) is 19.0. The molecule has 4 nitrogen and oxygen atoms in total. The van der Waals surface area contributed by atoms with Crippen molar-refractivity contribution in [1.29, 1.82) is 0 Å². The molecule has 0 fully saturated rings. The number of nitrogens with zero attached hydrogens (tertiary/aromatic N) is 3. The smallest absolute Gasteiger partial charge is 0.257 e. The van der Waals surface area contributed by atoms with Gasteiger partial charge in [0.25, 0.3) is 5.91 Å². The van der Waals surface area contributed by atoms with Crippen molar-refractivity contribution >= 4 is 5.91 Å². The molecule has 1 atom stereocenters. The number of benzene rings is 2. The Kier molecular flexibility index (Phi) is 4.52. The zero-order valence-electron chi connectivity index (χ0n) is 15.5. The molecule has 1 aliphatic rings. The van der Waals surface area contributed by atoms with Gasteiger partial charge in [-0.15, -0.1) is 0 Å². The van der Waals surface area contributed by atoms with E-state index in [2.05, 4.69) is 5.10 Å². The van der Waals surface area contributed by atoms with Crippen molar-refractivity contribution in [1.82, 2.24) is 14.7 Å². The third-order valence-corrected chi connectivity index (χ3v) is 5.42. The number of carbonyl (C=O) groups is 1. The second-order valence-corrected chi connectivity index (χ2v) is 7.05. The van der Waals surface area contributed by atoms with Gasteiger partial charge < -0.3 is 4.90 Å². The van der Waals surface area contributed by atoms with Gasteiger partial charge >= 0.3 is 0 Å². The van der Waals surface area contributed by atoms with E-state index in [4.69, 9.17) is 0 Å². The molecule has 2 heterocycles. The van der Waals surface area contributed by atoms with Gasteiger partial charge in [0.1, 0.15) is 5.82 Å². The van der Waals surface area contributed by atoms with Crippen LogP contribution in [0.4, 0.5) is 4.39 Å². The van der Waals surface area contributed by atoms with Crippen LogP contribution in [-0.4, -0.2) is 27.1 Å². The highest BCUT2D eigenvalue weighted by Crippen LogP contribution is 2.31. The van der Waals surface area contributed by atoms with E-state index < -0.39 is 0 Å². The lowest BCUT2D eigenvalue weighted by Gasteiger charge is -2.35. The van der Waals surface area contributed by atoms with E-state index in [0.717, 1.165) is 28.8 Å². The summed E-state index contributed by atoms with van der Waals surface area (Å²) in [7, 11) is 0. The van der Waals surface area contributed by atoms with Crippen molar-refractivity contribution in [2.75, 3.05) is 6.54 Å². The van der Waals surface area contributed by atoms with E-state index in [1.165, 1.54) is 6.07 Å². The number of halogens is 1. The van der Waals surface area contributed by atoms with Gasteiger partial charge in [-0.1, -0.05) is 36.4 Å².